The van der Waals surface area contributed by atoms with E-state index in [1.165, 1.54) is 30.2 Å². The summed E-state index contributed by atoms with van der Waals surface area (Å²) in [7, 11) is 0. The molecule has 0 amide bonds. The fourth-order valence-corrected chi connectivity index (χ4v) is 2.18. The number of nitrogens with zero attached hydrogens (tertiary/aromatic N) is 1. The molecule has 0 aliphatic heterocycles. The number of rotatable bonds is 5. The van der Waals surface area contributed by atoms with E-state index in [2.05, 4.69) is 35.8 Å². The highest BCUT2D eigenvalue weighted by Crippen LogP contribution is 2.20. The third-order valence-electron chi connectivity index (χ3n) is 3.04. The normalized spacial score (nSPS) is 11.1. The molecule has 2 aromatic rings. The molecule has 2 nitrogen and oxygen atoms in total. The van der Waals surface area contributed by atoms with Gasteiger partial charge in [-0.2, -0.15) is 0 Å². The zero-order valence-electron chi connectivity index (χ0n) is 9.82. The zero-order chi connectivity index (χ0) is 11.4. The Morgan fingerprint density at radius 1 is 1.19 bits per heavy atom. The standard InChI is InChI=1S/C14H19NO/c1-2-3-6-9-15-13(11-16)10-12-7-4-5-8-14(12)15/h4-5,7-8,10,16H,2-3,6,9,11H2,1H3. The van der Waals surface area contributed by atoms with Crippen molar-refractivity contribution in [3.8, 4) is 0 Å². The van der Waals surface area contributed by atoms with Crippen molar-refractivity contribution < 1.29 is 5.11 Å². The van der Waals surface area contributed by atoms with Gasteiger partial charge in [-0.3, -0.25) is 0 Å². The number of benzene rings is 1. The van der Waals surface area contributed by atoms with Gasteiger partial charge in [0.1, 0.15) is 0 Å². The number of hydrogen-bond donors (Lipinski definition) is 1. The molecular formula is C14H19NO. The summed E-state index contributed by atoms with van der Waals surface area (Å²) in [5.41, 5.74) is 2.26. The van der Waals surface area contributed by atoms with Gasteiger partial charge >= 0.3 is 0 Å². The first kappa shape index (κ1) is 11.2. The summed E-state index contributed by atoms with van der Waals surface area (Å²) in [5, 5.41) is 10.6. The summed E-state index contributed by atoms with van der Waals surface area (Å²) in [6, 6.07) is 10.4. The zero-order valence-corrected chi connectivity index (χ0v) is 9.82. The van der Waals surface area contributed by atoms with E-state index in [-0.39, 0.29) is 6.61 Å². The fraction of sp³-hybridized carbons (Fsp3) is 0.429. The first-order chi connectivity index (χ1) is 7.86. The summed E-state index contributed by atoms with van der Waals surface area (Å²) in [4.78, 5) is 0. The molecule has 0 atom stereocenters. The Kier molecular flexibility index (Phi) is 3.62. The van der Waals surface area contributed by atoms with Crippen LogP contribution in [0.25, 0.3) is 10.9 Å². The van der Waals surface area contributed by atoms with Crippen molar-refractivity contribution in [3.63, 3.8) is 0 Å². The van der Waals surface area contributed by atoms with E-state index in [0.717, 1.165) is 12.2 Å². The second-order valence-electron chi connectivity index (χ2n) is 4.21. The molecule has 0 saturated carbocycles. The predicted octanol–water partition coefficient (Wildman–Crippen LogP) is 3.32. The van der Waals surface area contributed by atoms with Crippen LogP contribution in [0.5, 0.6) is 0 Å². The third-order valence-corrected chi connectivity index (χ3v) is 3.04. The summed E-state index contributed by atoms with van der Waals surface area (Å²) in [5.74, 6) is 0. The van der Waals surface area contributed by atoms with Crippen LogP contribution in [0.2, 0.25) is 0 Å². The maximum Gasteiger partial charge on any atom is 0.0833 e. The van der Waals surface area contributed by atoms with E-state index in [4.69, 9.17) is 0 Å². The van der Waals surface area contributed by atoms with E-state index in [9.17, 15) is 5.11 Å². The molecule has 0 aliphatic rings. The van der Waals surface area contributed by atoms with Gasteiger partial charge in [0, 0.05) is 17.8 Å². The highest BCUT2D eigenvalue weighted by molar-refractivity contribution is 5.81. The van der Waals surface area contributed by atoms with Crippen LogP contribution >= 0.6 is 0 Å². The minimum absolute atomic E-state index is 0.126. The quantitative estimate of drug-likeness (QED) is 0.764. The van der Waals surface area contributed by atoms with Gasteiger partial charge in [-0.1, -0.05) is 38.0 Å². The average molecular weight is 217 g/mol. The van der Waals surface area contributed by atoms with Crippen molar-refractivity contribution in [2.24, 2.45) is 0 Å². The van der Waals surface area contributed by atoms with Crippen molar-refractivity contribution in [2.75, 3.05) is 0 Å². The number of para-hydroxylation sites is 1. The van der Waals surface area contributed by atoms with Gasteiger partial charge < -0.3 is 9.67 Å². The molecule has 86 valence electrons. The lowest BCUT2D eigenvalue weighted by atomic mass is 10.2. The molecule has 16 heavy (non-hydrogen) atoms. The van der Waals surface area contributed by atoms with Crippen LogP contribution in [0.4, 0.5) is 0 Å². The van der Waals surface area contributed by atoms with Crippen molar-refractivity contribution >= 4 is 10.9 Å². The Bertz CT molecular complexity index is 459. The summed E-state index contributed by atoms with van der Waals surface area (Å²) in [6.07, 6.45) is 3.66. The molecule has 1 aromatic heterocycles. The number of aromatic nitrogens is 1. The van der Waals surface area contributed by atoms with Crippen molar-refractivity contribution in [1.82, 2.24) is 4.57 Å². The van der Waals surface area contributed by atoms with Crippen molar-refractivity contribution in [1.29, 1.82) is 0 Å². The van der Waals surface area contributed by atoms with Gasteiger partial charge in [-0.25, -0.2) is 0 Å². The lowest BCUT2D eigenvalue weighted by Crippen LogP contribution is -2.02. The number of hydrogen-bond acceptors (Lipinski definition) is 1. The van der Waals surface area contributed by atoms with Crippen LogP contribution in [-0.2, 0) is 13.2 Å². The van der Waals surface area contributed by atoms with Crippen LogP contribution in [0.3, 0.4) is 0 Å². The largest absolute Gasteiger partial charge is 0.390 e. The van der Waals surface area contributed by atoms with Crippen LogP contribution in [0, 0.1) is 0 Å². The Morgan fingerprint density at radius 3 is 2.75 bits per heavy atom. The molecule has 0 spiro atoms. The lowest BCUT2D eigenvalue weighted by molar-refractivity contribution is 0.271. The first-order valence-corrected chi connectivity index (χ1v) is 6.05. The Hall–Kier alpha value is -1.28. The van der Waals surface area contributed by atoms with Crippen molar-refractivity contribution in [2.45, 2.75) is 39.3 Å². The minimum atomic E-state index is 0.126. The maximum atomic E-state index is 9.36. The second kappa shape index (κ2) is 5.17. The van der Waals surface area contributed by atoms with E-state index in [1.807, 2.05) is 6.07 Å². The van der Waals surface area contributed by atoms with Gasteiger partial charge in [-0.15, -0.1) is 0 Å². The maximum absolute atomic E-state index is 9.36. The van der Waals surface area contributed by atoms with Gasteiger partial charge in [0.25, 0.3) is 0 Å². The average Bonchev–Trinajstić information content (AvgIpc) is 2.68. The van der Waals surface area contributed by atoms with E-state index >= 15 is 0 Å². The van der Waals surface area contributed by atoms with Crippen LogP contribution in [-0.4, -0.2) is 9.67 Å². The predicted molar refractivity (Wildman–Crippen MR) is 67.4 cm³/mol. The minimum Gasteiger partial charge on any atom is -0.390 e. The Balaban J connectivity index is 2.32. The third kappa shape index (κ3) is 2.12. The van der Waals surface area contributed by atoms with Gasteiger partial charge in [0.15, 0.2) is 0 Å². The van der Waals surface area contributed by atoms with E-state index in [0.29, 0.717) is 0 Å². The first-order valence-electron chi connectivity index (χ1n) is 6.05. The fourth-order valence-electron chi connectivity index (χ4n) is 2.18. The molecule has 0 aliphatic carbocycles. The van der Waals surface area contributed by atoms with Crippen LogP contribution in [0.15, 0.2) is 30.3 Å². The molecule has 0 saturated heterocycles. The van der Waals surface area contributed by atoms with Crippen molar-refractivity contribution in [3.05, 3.63) is 36.0 Å². The molecule has 1 aromatic carbocycles. The summed E-state index contributed by atoms with van der Waals surface area (Å²) in [6.45, 7) is 3.35. The molecule has 1 heterocycles. The number of aliphatic hydroxyl groups excluding tert-OH is 1. The second-order valence-corrected chi connectivity index (χ2v) is 4.21. The molecule has 2 rings (SSSR count). The molecule has 0 radical (unpaired) electrons. The lowest BCUT2D eigenvalue weighted by Gasteiger charge is -2.08. The van der Waals surface area contributed by atoms with Gasteiger partial charge in [0.05, 0.1) is 6.61 Å². The van der Waals surface area contributed by atoms with E-state index in [1.54, 1.807) is 0 Å². The Labute approximate surface area is 96.5 Å². The van der Waals surface area contributed by atoms with Gasteiger partial charge in [0.2, 0.25) is 0 Å². The molecule has 1 N–H and O–H groups in total. The highest BCUT2D eigenvalue weighted by atomic mass is 16.3. The molecule has 0 bridgehead atoms. The Morgan fingerprint density at radius 2 is 2.00 bits per heavy atom. The molecule has 2 heteroatoms. The van der Waals surface area contributed by atoms with Crippen LogP contribution in [0.1, 0.15) is 31.9 Å². The molecule has 0 fully saturated rings. The highest BCUT2D eigenvalue weighted by Gasteiger charge is 2.06. The number of aliphatic hydroxyl groups is 1. The number of aryl methyl sites for hydroxylation is 1. The monoisotopic (exact) mass is 217 g/mol. The van der Waals surface area contributed by atoms with Crippen LogP contribution < -0.4 is 0 Å². The smallest absolute Gasteiger partial charge is 0.0833 e. The SMILES string of the molecule is CCCCCn1c(CO)cc2ccccc21. The number of fused-ring (bicyclic) bond motifs is 1. The van der Waals surface area contributed by atoms with E-state index < -0.39 is 0 Å². The number of unbranched alkanes of at least 4 members (excludes halogenated alkanes) is 2. The molecular weight excluding hydrogens is 198 g/mol. The topological polar surface area (TPSA) is 25.2 Å². The summed E-state index contributed by atoms with van der Waals surface area (Å²) < 4.78 is 2.24. The molecule has 0 unspecified atom stereocenters. The van der Waals surface area contributed by atoms with Gasteiger partial charge in [-0.05, 0) is 23.9 Å². The summed E-state index contributed by atoms with van der Waals surface area (Å²) >= 11 is 0.